The summed E-state index contributed by atoms with van der Waals surface area (Å²) in [6, 6.07) is 0. The summed E-state index contributed by atoms with van der Waals surface area (Å²) in [5.41, 5.74) is 0.465. The van der Waals surface area contributed by atoms with Crippen molar-refractivity contribution in [1.82, 2.24) is 20.8 Å². The molecule has 6 nitrogen and oxygen atoms in total. The van der Waals surface area contributed by atoms with Crippen LogP contribution in [0.1, 0.15) is 30.6 Å². The maximum Gasteiger partial charge on any atom is 0.254 e. The first-order chi connectivity index (χ1) is 8.09. The average molecular weight is 238 g/mol. The van der Waals surface area contributed by atoms with Crippen LogP contribution in [0, 0.1) is 5.92 Å². The van der Waals surface area contributed by atoms with Gasteiger partial charge in [-0.1, -0.05) is 13.8 Å². The third-order valence-corrected chi connectivity index (χ3v) is 2.11. The van der Waals surface area contributed by atoms with Crippen LogP contribution in [0.3, 0.4) is 0 Å². The molecule has 0 atom stereocenters. The molecule has 0 fully saturated rings. The van der Waals surface area contributed by atoms with E-state index in [0.717, 1.165) is 0 Å². The number of hydrogen-bond donors (Lipinski definition) is 3. The minimum atomic E-state index is -0.226. The molecule has 2 amide bonds. The zero-order chi connectivity index (χ0) is 12.7. The van der Waals surface area contributed by atoms with Gasteiger partial charge in [0.15, 0.2) is 0 Å². The van der Waals surface area contributed by atoms with Gasteiger partial charge in [0.1, 0.15) is 0 Å². The van der Waals surface area contributed by atoms with Crippen LogP contribution in [0.4, 0.5) is 0 Å². The van der Waals surface area contributed by atoms with Gasteiger partial charge in [0.2, 0.25) is 5.91 Å². The molecule has 0 spiro atoms. The predicted octanol–water partition coefficient (Wildman–Crippen LogP) is 0.302. The molecule has 0 aliphatic rings. The first kappa shape index (κ1) is 13.2. The number of carbonyl (C=O) groups is 2. The highest BCUT2D eigenvalue weighted by Gasteiger charge is 2.07. The van der Waals surface area contributed by atoms with Crippen LogP contribution < -0.4 is 10.6 Å². The molecule has 0 aliphatic heterocycles. The van der Waals surface area contributed by atoms with Crippen molar-refractivity contribution in [3.8, 4) is 0 Å². The second-order valence-electron chi connectivity index (χ2n) is 4.19. The van der Waals surface area contributed by atoms with Crippen LogP contribution in [-0.2, 0) is 4.79 Å². The van der Waals surface area contributed by atoms with Crippen LogP contribution in [0.25, 0.3) is 0 Å². The van der Waals surface area contributed by atoms with Crippen molar-refractivity contribution in [1.29, 1.82) is 0 Å². The highest BCUT2D eigenvalue weighted by Crippen LogP contribution is 1.93. The summed E-state index contributed by atoms with van der Waals surface area (Å²) in [7, 11) is 0. The largest absolute Gasteiger partial charge is 0.356 e. The number of hydrogen-bond acceptors (Lipinski definition) is 3. The molecule has 17 heavy (non-hydrogen) atoms. The molecule has 3 N–H and O–H groups in total. The minimum absolute atomic E-state index is 0.0498. The molecule has 0 saturated heterocycles. The topological polar surface area (TPSA) is 86.9 Å². The highest BCUT2D eigenvalue weighted by molar-refractivity contribution is 5.93. The molecule has 1 aromatic heterocycles. The van der Waals surface area contributed by atoms with E-state index in [1.165, 1.54) is 12.4 Å². The summed E-state index contributed by atoms with van der Waals surface area (Å²) in [6.45, 7) is 5.05. The number of rotatable bonds is 6. The maximum absolute atomic E-state index is 11.5. The summed E-state index contributed by atoms with van der Waals surface area (Å²) >= 11 is 0. The quantitative estimate of drug-likeness (QED) is 0.666. The molecule has 6 heteroatoms. The van der Waals surface area contributed by atoms with Gasteiger partial charge in [0.05, 0.1) is 11.8 Å². The first-order valence-electron chi connectivity index (χ1n) is 5.63. The van der Waals surface area contributed by atoms with Crippen LogP contribution >= 0.6 is 0 Å². The fraction of sp³-hybridized carbons (Fsp3) is 0.545. The lowest BCUT2D eigenvalue weighted by Gasteiger charge is -2.07. The molecule has 0 bridgehead atoms. The number of carbonyl (C=O) groups excluding carboxylic acids is 2. The van der Waals surface area contributed by atoms with Gasteiger partial charge >= 0.3 is 0 Å². The van der Waals surface area contributed by atoms with Crippen molar-refractivity contribution < 1.29 is 9.59 Å². The van der Waals surface area contributed by atoms with Crippen LogP contribution in [-0.4, -0.2) is 35.1 Å². The Kier molecular flexibility index (Phi) is 5.19. The minimum Gasteiger partial charge on any atom is -0.356 e. The zero-order valence-electron chi connectivity index (χ0n) is 10.1. The molecule has 0 radical (unpaired) electrons. The normalized spacial score (nSPS) is 10.3. The van der Waals surface area contributed by atoms with Gasteiger partial charge in [-0.05, 0) is 5.92 Å². The number of aromatic nitrogens is 2. The van der Waals surface area contributed by atoms with Gasteiger partial charge in [-0.2, -0.15) is 5.10 Å². The highest BCUT2D eigenvalue weighted by atomic mass is 16.2. The summed E-state index contributed by atoms with van der Waals surface area (Å²) in [4.78, 5) is 22.8. The van der Waals surface area contributed by atoms with Crippen molar-refractivity contribution in [3.63, 3.8) is 0 Å². The molecule has 0 aliphatic carbocycles. The number of amides is 2. The lowest BCUT2D eigenvalue weighted by molar-refractivity contribution is -0.121. The third-order valence-electron chi connectivity index (χ3n) is 2.11. The average Bonchev–Trinajstić information content (AvgIpc) is 2.79. The van der Waals surface area contributed by atoms with Gasteiger partial charge in [-0.3, -0.25) is 14.7 Å². The number of aromatic amines is 1. The Bertz CT molecular complexity index is 360. The fourth-order valence-electron chi connectivity index (χ4n) is 1.17. The Morgan fingerprint density at radius 2 is 2.18 bits per heavy atom. The molecule has 0 saturated carbocycles. The Morgan fingerprint density at radius 3 is 2.76 bits per heavy atom. The van der Waals surface area contributed by atoms with Gasteiger partial charge in [0.25, 0.3) is 5.91 Å². The van der Waals surface area contributed by atoms with E-state index < -0.39 is 0 Å². The van der Waals surface area contributed by atoms with Crippen molar-refractivity contribution in [2.75, 3.05) is 13.1 Å². The zero-order valence-corrected chi connectivity index (χ0v) is 10.1. The lowest BCUT2D eigenvalue weighted by Crippen LogP contribution is -2.32. The molecule has 1 heterocycles. The SMILES string of the molecule is CC(C)CNC(=O)CCNC(=O)c1cn[nH]c1. The van der Waals surface area contributed by atoms with Gasteiger partial charge in [-0.25, -0.2) is 0 Å². The second-order valence-corrected chi connectivity index (χ2v) is 4.19. The number of nitrogens with one attached hydrogen (secondary N) is 3. The van der Waals surface area contributed by atoms with Crippen LogP contribution in [0.5, 0.6) is 0 Å². The number of H-pyrrole nitrogens is 1. The maximum atomic E-state index is 11.5. The summed E-state index contributed by atoms with van der Waals surface area (Å²) in [6.07, 6.45) is 3.23. The molecule has 94 valence electrons. The van der Waals surface area contributed by atoms with Gasteiger partial charge in [0, 0.05) is 25.7 Å². The van der Waals surface area contributed by atoms with Crippen molar-refractivity contribution in [3.05, 3.63) is 18.0 Å². The monoisotopic (exact) mass is 238 g/mol. The summed E-state index contributed by atoms with van der Waals surface area (Å²) in [5, 5.41) is 11.6. The van der Waals surface area contributed by atoms with Gasteiger partial charge < -0.3 is 10.6 Å². The fourth-order valence-corrected chi connectivity index (χ4v) is 1.17. The van der Waals surface area contributed by atoms with E-state index >= 15 is 0 Å². The Balaban J connectivity index is 2.15. The van der Waals surface area contributed by atoms with E-state index in [1.54, 1.807) is 0 Å². The summed E-state index contributed by atoms with van der Waals surface area (Å²) < 4.78 is 0. The van der Waals surface area contributed by atoms with E-state index in [2.05, 4.69) is 20.8 Å². The molecular formula is C11H18N4O2. The second kappa shape index (κ2) is 6.67. The molecule has 0 aromatic carbocycles. The van der Waals surface area contributed by atoms with Crippen molar-refractivity contribution >= 4 is 11.8 Å². The number of nitrogens with zero attached hydrogens (tertiary/aromatic N) is 1. The van der Waals surface area contributed by atoms with E-state index in [4.69, 9.17) is 0 Å². The van der Waals surface area contributed by atoms with E-state index in [-0.39, 0.29) is 18.2 Å². The predicted molar refractivity (Wildman–Crippen MR) is 63.4 cm³/mol. The van der Waals surface area contributed by atoms with E-state index in [0.29, 0.717) is 24.6 Å². The summed E-state index contributed by atoms with van der Waals surface area (Å²) in [5.74, 6) is 0.154. The van der Waals surface area contributed by atoms with Crippen LogP contribution in [0.2, 0.25) is 0 Å². The van der Waals surface area contributed by atoms with Crippen molar-refractivity contribution in [2.45, 2.75) is 20.3 Å². The first-order valence-corrected chi connectivity index (χ1v) is 5.63. The Morgan fingerprint density at radius 1 is 1.41 bits per heavy atom. The standard InChI is InChI=1S/C11H18N4O2/c1-8(2)5-13-10(16)3-4-12-11(17)9-6-14-15-7-9/h6-8H,3-5H2,1-2H3,(H,12,17)(H,13,16)(H,14,15). The van der Waals surface area contributed by atoms with Gasteiger partial charge in [-0.15, -0.1) is 0 Å². The molecule has 1 rings (SSSR count). The third kappa shape index (κ3) is 5.14. The van der Waals surface area contributed by atoms with Crippen LogP contribution in [0.15, 0.2) is 12.4 Å². The Labute approximate surface area is 100 Å². The molecular weight excluding hydrogens is 220 g/mol. The molecule has 1 aromatic rings. The lowest BCUT2D eigenvalue weighted by atomic mass is 10.2. The molecule has 0 unspecified atom stereocenters. The smallest absolute Gasteiger partial charge is 0.254 e. The van der Waals surface area contributed by atoms with E-state index in [9.17, 15) is 9.59 Å². The van der Waals surface area contributed by atoms with E-state index in [1.807, 2.05) is 13.8 Å². The van der Waals surface area contributed by atoms with Crippen molar-refractivity contribution in [2.24, 2.45) is 5.92 Å². The Hall–Kier alpha value is -1.85.